The topological polar surface area (TPSA) is 427 Å². The standard InChI is InChI=1S/C43H36O25/c1-14(15-2-20(44)32(54)21(45)3-15)65-37-30(12-63-40(59)16-4-22(46)33(55)23(47)5-16)66-31(13-64-41(60)17-6-24(48)34(56)25(49)7-17)38(67-42(61)18-8-26(50)35(57)27(51)9-18)39(37)68-43(62)19-10-28(52)36(58)29(53)11-19/h2-11,30-31,37-39,44-58H,1,12-13H2/t30-,31?,37?,38?,39?/m1/s1. The molecule has 68 heavy (non-hydrogen) atoms. The molecule has 4 unspecified atom stereocenters. The second-order valence-electron chi connectivity index (χ2n) is 14.5. The predicted molar refractivity (Wildman–Crippen MR) is 219 cm³/mol. The molecule has 1 fully saturated rings. The van der Waals surface area contributed by atoms with E-state index in [0.717, 1.165) is 12.1 Å². The molecule has 5 atom stereocenters. The first-order valence-electron chi connectivity index (χ1n) is 19.0. The number of carbonyl (C=O) groups excluding carboxylic acids is 4. The Bertz CT molecular complexity index is 2580. The van der Waals surface area contributed by atoms with Crippen molar-refractivity contribution < 1.29 is 124 Å². The van der Waals surface area contributed by atoms with Gasteiger partial charge in [0.05, 0.1) is 22.3 Å². The maximum atomic E-state index is 14.0. The van der Waals surface area contributed by atoms with Crippen LogP contribution in [0.15, 0.2) is 67.2 Å². The fraction of sp³-hybridized carbons (Fsp3) is 0.163. The van der Waals surface area contributed by atoms with Crippen LogP contribution in [0, 0.1) is 0 Å². The number of carbonyl (C=O) groups is 4. The van der Waals surface area contributed by atoms with Crippen LogP contribution in [-0.4, -0.2) is 144 Å². The molecule has 1 saturated heterocycles. The van der Waals surface area contributed by atoms with Crippen LogP contribution >= 0.6 is 0 Å². The van der Waals surface area contributed by atoms with Crippen molar-refractivity contribution in [2.75, 3.05) is 13.2 Å². The molecule has 15 N–H and O–H groups in total. The van der Waals surface area contributed by atoms with Gasteiger partial charge < -0.3 is 105 Å². The average Bonchev–Trinajstić information content (AvgIpc) is 3.28. The van der Waals surface area contributed by atoms with Crippen molar-refractivity contribution in [2.24, 2.45) is 0 Å². The van der Waals surface area contributed by atoms with Crippen LogP contribution < -0.4 is 0 Å². The third-order valence-corrected chi connectivity index (χ3v) is 9.87. The highest BCUT2D eigenvalue weighted by molar-refractivity contribution is 5.93. The Kier molecular flexibility index (Phi) is 13.3. The van der Waals surface area contributed by atoms with Crippen LogP contribution in [0.1, 0.15) is 47.0 Å². The first kappa shape index (κ1) is 47.9. The number of benzene rings is 5. The van der Waals surface area contributed by atoms with Gasteiger partial charge in [0.25, 0.3) is 0 Å². The molecular weight excluding hydrogens is 916 g/mol. The van der Waals surface area contributed by atoms with Gasteiger partial charge in [-0.25, -0.2) is 19.2 Å². The summed E-state index contributed by atoms with van der Waals surface area (Å²) in [5.74, 6) is -21.5. The fourth-order valence-corrected chi connectivity index (χ4v) is 6.43. The lowest BCUT2D eigenvalue weighted by Crippen LogP contribution is -2.63. The Balaban J connectivity index is 1.50. The lowest BCUT2D eigenvalue weighted by Gasteiger charge is -2.45. The van der Waals surface area contributed by atoms with Crippen LogP contribution in [0.25, 0.3) is 5.76 Å². The van der Waals surface area contributed by atoms with Gasteiger partial charge in [-0.05, 0) is 60.7 Å². The lowest BCUT2D eigenvalue weighted by atomic mass is 9.94. The smallest absolute Gasteiger partial charge is 0.338 e. The molecule has 5 aromatic rings. The summed E-state index contributed by atoms with van der Waals surface area (Å²) in [5.41, 5.74) is -2.94. The molecule has 0 spiro atoms. The van der Waals surface area contributed by atoms with E-state index < -0.39 is 182 Å². The van der Waals surface area contributed by atoms with E-state index in [1.165, 1.54) is 0 Å². The Morgan fingerprint density at radius 3 is 0.897 bits per heavy atom. The minimum atomic E-state index is -2.25. The molecule has 0 aromatic heterocycles. The molecule has 25 heteroatoms. The number of rotatable bonds is 13. The fourth-order valence-electron chi connectivity index (χ4n) is 6.43. The van der Waals surface area contributed by atoms with E-state index in [-0.39, 0.29) is 5.56 Å². The zero-order valence-electron chi connectivity index (χ0n) is 34.1. The van der Waals surface area contributed by atoms with E-state index in [0.29, 0.717) is 48.5 Å². The lowest BCUT2D eigenvalue weighted by molar-refractivity contribution is -0.234. The molecule has 1 aliphatic rings. The molecule has 0 bridgehead atoms. The van der Waals surface area contributed by atoms with Crippen molar-refractivity contribution in [2.45, 2.75) is 30.5 Å². The van der Waals surface area contributed by atoms with Gasteiger partial charge in [-0.3, -0.25) is 0 Å². The summed E-state index contributed by atoms with van der Waals surface area (Å²) >= 11 is 0. The van der Waals surface area contributed by atoms with Crippen molar-refractivity contribution in [3.8, 4) is 86.2 Å². The van der Waals surface area contributed by atoms with E-state index >= 15 is 0 Å². The van der Waals surface area contributed by atoms with Crippen LogP contribution in [0.5, 0.6) is 86.2 Å². The molecule has 358 valence electrons. The van der Waals surface area contributed by atoms with Gasteiger partial charge in [0.1, 0.15) is 31.2 Å². The van der Waals surface area contributed by atoms with Crippen LogP contribution in [0.2, 0.25) is 0 Å². The van der Waals surface area contributed by atoms with E-state index in [2.05, 4.69) is 6.58 Å². The first-order valence-corrected chi connectivity index (χ1v) is 19.0. The van der Waals surface area contributed by atoms with Gasteiger partial charge in [-0.1, -0.05) is 6.58 Å². The number of hydrogen-bond donors (Lipinski definition) is 15. The van der Waals surface area contributed by atoms with Crippen molar-refractivity contribution in [1.82, 2.24) is 0 Å². The minimum Gasteiger partial charge on any atom is -0.504 e. The van der Waals surface area contributed by atoms with Crippen molar-refractivity contribution in [1.29, 1.82) is 0 Å². The molecule has 0 aliphatic carbocycles. The van der Waals surface area contributed by atoms with Crippen LogP contribution in [-0.2, 0) is 28.4 Å². The highest BCUT2D eigenvalue weighted by Gasteiger charge is 2.53. The van der Waals surface area contributed by atoms with E-state index in [9.17, 15) is 95.8 Å². The van der Waals surface area contributed by atoms with Crippen molar-refractivity contribution in [3.63, 3.8) is 0 Å². The molecule has 1 heterocycles. The maximum Gasteiger partial charge on any atom is 0.338 e. The summed E-state index contributed by atoms with van der Waals surface area (Å²) in [5, 5.41) is 151. The molecule has 0 amide bonds. The Morgan fingerprint density at radius 1 is 0.368 bits per heavy atom. The summed E-state index contributed by atoms with van der Waals surface area (Å²) in [6, 6.07) is 6.80. The zero-order chi connectivity index (χ0) is 50.0. The summed E-state index contributed by atoms with van der Waals surface area (Å²) in [7, 11) is 0. The largest absolute Gasteiger partial charge is 0.504 e. The van der Waals surface area contributed by atoms with Gasteiger partial charge in [0.15, 0.2) is 105 Å². The summed E-state index contributed by atoms with van der Waals surface area (Å²) < 4.78 is 34.4. The van der Waals surface area contributed by atoms with Crippen molar-refractivity contribution >= 4 is 29.6 Å². The van der Waals surface area contributed by atoms with E-state index in [1.807, 2.05) is 0 Å². The second-order valence-corrected chi connectivity index (χ2v) is 14.5. The second kappa shape index (κ2) is 18.9. The van der Waals surface area contributed by atoms with Crippen LogP contribution in [0.4, 0.5) is 0 Å². The van der Waals surface area contributed by atoms with Gasteiger partial charge in [-0.15, -0.1) is 0 Å². The Labute approximate surface area is 378 Å². The number of hydrogen-bond acceptors (Lipinski definition) is 25. The number of ether oxygens (including phenoxy) is 6. The molecule has 5 aromatic carbocycles. The van der Waals surface area contributed by atoms with Gasteiger partial charge in [0.2, 0.25) is 0 Å². The van der Waals surface area contributed by atoms with Crippen molar-refractivity contribution in [3.05, 3.63) is 95.1 Å². The molecule has 0 saturated carbocycles. The third-order valence-electron chi connectivity index (χ3n) is 9.87. The summed E-state index contributed by atoms with van der Waals surface area (Å²) in [6.45, 7) is 1.54. The summed E-state index contributed by atoms with van der Waals surface area (Å²) in [4.78, 5) is 54.6. The molecular formula is C43H36O25. The quantitative estimate of drug-likeness (QED) is 0.0349. The number of esters is 4. The molecule has 25 nitrogen and oxygen atoms in total. The van der Waals surface area contributed by atoms with E-state index in [1.54, 1.807) is 0 Å². The minimum absolute atomic E-state index is 0.318. The molecule has 1 aliphatic heterocycles. The third kappa shape index (κ3) is 9.91. The van der Waals surface area contributed by atoms with E-state index in [4.69, 9.17) is 28.4 Å². The Hall–Kier alpha value is -9.52. The monoisotopic (exact) mass is 952 g/mol. The first-order chi connectivity index (χ1) is 31.9. The van der Waals surface area contributed by atoms with Gasteiger partial charge in [0, 0.05) is 5.56 Å². The number of phenolic OH excluding ortho intramolecular Hbond substituents is 15. The summed E-state index contributed by atoms with van der Waals surface area (Å²) in [6.07, 6.45) is -10.4. The predicted octanol–water partition coefficient (Wildman–Crippen LogP) is 2.56. The number of phenols is 15. The Morgan fingerprint density at radius 2 is 0.603 bits per heavy atom. The van der Waals surface area contributed by atoms with Gasteiger partial charge >= 0.3 is 23.9 Å². The highest BCUT2D eigenvalue weighted by Crippen LogP contribution is 2.42. The highest BCUT2D eigenvalue weighted by atomic mass is 16.7. The molecule has 6 rings (SSSR count). The van der Waals surface area contributed by atoms with Gasteiger partial charge in [-0.2, -0.15) is 0 Å². The maximum absolute atomic E-state index is 14.0. The zero-order valence-corrected chi connectivity index (χ0v) is 34.1. The van der Waals surface area contributed by atoms with Crippen LogP contribution in [0.3, 0.4) is 0 Å². The SMILES string of the molecule is C=C(OC1C(OC(=O)c2cc(O)c(O)c(O)c2)C(OC(=O)c2cc(O)c(O)c(O)c2)C(COC(=O)c2cc(O)c(O)c(O)c2)O[C@@H]1COC(=O)c1cc(O)c(O)c(O)c1)c1cc(O)c(O)c(O)c1. The molecule has 0 radical (unpaired) electrons. The number of aromatic hydroxyl groups is 15. The average molecular weight is 953 g/mol. The normalized spacial score (nSPS) is 17.6.